The highest BCUT2D eigenvalue weighted by atomic mass is 35.5. The van der Waals surface area contributed by atoms with Gasteiger partial charge in [-0.25, -0.2) is 0 Å². The topological polar surface area (TPSA) is 12.0 Å². The fourth-order valence-corrected chi connectivity index (χ4v) is 1.71. The SMILES string of the molecule is Cc1cscc1NC/C(Cl)=C/Cl. The molecule has 1 aromatic heterocycles. The molecular weight excluding hydrogens is 213 g/mol. The number of nitrogens with one attached hydrogen (secondary N) is 1. The van der Waals surface area contributed by atoms with Crippen LogP contribution in [0.15, 0.2) is 21.3 Å². The van der Waals surface area contributed by atoms with Crippen LogP contribution in [0.4, 0.5) is 5.69 Å². The third-order valence-corrected chi connectivity index (χ3v) is 2.90. The lowest BCUT2D eigenvalue weighted by molar-refractivity contribution is 1.30. The maximum absolute atomic E-state index is 5.70. The van der Waals surface area contributed by atoms with E-state index < -0.39 is 0 Å². The molecule has 1 heterocycles. The van der Waals surface area contributed by atoms with Gasteiger partial charge in [-0.3, -0.25) is 0 Å². The van der Waals surface area contributed by atoms with Gasteiger partial charge < -0.3 is 5.32 Å². The van der Waals surface area contributed by atoms with Crippen molar-refractivity contribution in [2.75, 3.05) is 11.9 Å². The smallest absolute Gasteiger partial charge is 0.0517 e. The predicted octanol–water partition coefficient (Wildman–Crippen LogP) is 3.79. The van der Waals surface area contributed by atoms with Crippen molar-refractivity contribution in [1.29, 1.82) is 0 Å². The fourth-order valence-electron chi connectivity index (χ4n) is 0.760. The molecule has 0 radical (unpaired) electrons. The van der Waals surface area contributed by atoms with Gasteiger partial charge >= 0.3 is 0 Å². The van der Waals surface area contributed by atoms with E-state index in [4.69, 9.17) is 23.2 Å². The molecule has 0 fully saturated rings. The Morgan fingerprint density at radius 2 is 2.42 bits per heavy atom. The van der Waals surface area contributed by atoms with E-state index in [9.17, 15) is 0 Å². The van der Waals surface area contributed by atoms with E-state index in [0.29, 0.717) is 11.6 Å². The van der Waals surface area contributed by atoms with Gasteiger partial charge in [-0.05, 0) is 17.9 Å². The molecule has 4 heteroatoms. The number of anilines is 1. The Labute approximate surface area is 86.0 Å². The number of hydrogen-bond acceptors (Lipinski definition) is 2. The first kappa shape index (κ1) is 9.90. The van der Waals surface area contributed by atoms with Crippen LogP contribution in [0, 0.1) is 6.92 Å². The predicted molar refractivity (Wildman–Crippen MR) is 57.3 cm³/mol. The molecule has 0 aliphatic rings. The zero-order valence-electron chi connectivity index (χ0n) is 6.60. The monoisotopic (exact) mass is 221 g/mol. The van der Waals surface area contributed by atoms with Crippen molar-refractivity contribution in [3.05, 3.63) is 26.9 Å². The molecule has 1 N–H and O–H groups in total. The molecule has 0 saturated carbocycles. The van der Waals surface area contributed by atoms with Gasteiger partial charge in [0.2, 0.25) is 0 Å². The van der Waals surface area contributed by atoms with Crippen molar-refractivity contribution in [3.63, 3.8) is 0 Å². The Kier molecular flexibility index (Phi) is 3.92. The van der Waals surface area contributed by atoms with E-state index >= 15 is 0 Å². The molecule has 0 saturated heterocycles. The molecule has 0 atom stereocenters. The van der Waals surface area contributed by atoms with E-state index in [1.165, 1.54) is 11.1 Å². The second-order valence-electron chi connectivity index (χ2n) is 2.38. The van der Waals surface area contributed by atoms with E-state index in [2.05, 4.69) is 17.6 Å². The first-order valence-electron chi connectivity index (χ1n) is 3.45. The second kappa shape index (κ2) is 4.75. The third-order valence-electron chi connectivity index (χ3n) is 1.42. The molecule has 12 heavy (non-hydrogen) atoms. The van der Waals surface area contributed by atoms with Gasteiger partial charge in [-0.15, -0.1) is 11.3 Å². The molecule has 1 nitrogen and oxygen atoms in total. The number of aryl methyl sites for hydroxylation is 1. The summed E-state index contributed by atoms with van der Waals surface area (Å²) in [6, 6.07) is 0. The molecule has 1 rings (SSSR count). The first-order chi connectivity index (χ1) is 5.74. The summed E-state index contributed by atoms with van der Waals surface area (Å²) in [7, 11) is 0. The van der Waals surface area contributed by atoms with E-state index in [1.54, 1.807) is 11.3 Å². The highest BCUT2D eigenvalue weighted by molar-refractivity contribution is 7.08. The summed E-state index contributed by atoms with van der Waals surface area (Å²) < 4.78 is 0. The maximum atomic E-state index is 5.70. The Balaban J connectivity index is 2.49. The third kappa shape index (κ3) is 2.70. The lowest BCUT2D eigenvalue weighted by Gasteiger charge is -2.02. The van der Waals surface area contributed by atoms with Crippen LogP contribution in [-0.4, -0.2) is 6.54 Å². The second-order valence-corrected chi connectivity index (χ2v) is 3.83. The summed E-state index contributed by atoms with van der Waals surface area (Å²) in [4.78, 5) is 0. The number of thiophene rings is 1. The van der Waals surface area contributed by atoms with Gasteiger partial charge in [0, 0.05) is 21.6 Å². The minimum absolute atomic E-state index is 0.586. The van der Waals surface area contributed by atoms with Crippen LogP contribution in [0.3, 0.4) is 0 Å². The molecule has 0 bridgehead atoms. The fraction of sp³-hybridized carbons (Fsp3) is 0.250. The molecule has 0 spiro atoms. The molecule has 0 amide bonds. The molecular formula is C8H9Cl2NS. The van der Waals surface area contributed by atoms with Crippen molar-refractivity contribution in [2.45, 2.75) is 6.92 Å². The molecule has 66 valence electrons. The quantitative estimate of drug-likeness (QED) is 0.820. The van der Waals surface area contributed by atoms with Crippen LogP contribution in [0.5, 0.6) is 0 Å². The number of rotatable bonds is 3. The van der Waals surface area contributed by atoms with Crippen LogP contribution >= 0.6 is 34.5 Å². The van der Waals surface area contributed by atoms with Gasteiger partial charge in [0.05, 0.1) is 6.54 Å². The summed E-state index contributed by atoms with van der Waals surface area (Å²) in [6.45, 7) is 2.64. The zero-order valence-corrected chi connectivity index (χ0v) is 8.93. The van der Waals surface area contributed by atoms with Crippen molar-refractivity contribution in [2.24, 2.45) is 0 Å². The molecule has 0 aliphatic heterocycles. The lowest BCUT2D eigenvalue weighted by Crippen LogP contribution is -2.00. The summed E-state index contributed by atoms with van der Waals surface area (Å²) >= 11 is 12.8. The van der Waals surface area contributed by atoms with Crippen LogP contribution in [0.25, 0.3) is 0 Å². The summed E-state index contributed by atoms with van der Waals surface area (Å²) in [6.07, 6.45) is 0. The van der Waals surface area contributed by atoms with Gasteiger partial charge in [0.25, 0.3) is 0 Å². The van der Waals surface area contributed by atoms with Crippen molar-refractivity contribution in [1.82, 2.24) is 0 Å². The van der Waals surface area contributed by atoms with Gasteiger partial charge in [0.1, 0.15) is 0 Å². The number of halogens is 2. The van der Waals surface area contributed by atoms with Crippen LogP contribution in [-0.2, 0) is 0 Å². The van der Waals surface area contributed by atoms with E-state index in [1.807, 2.05) is 5.38 Å². The minimum atomic E-state index is 0.586. The van der Waals surface area contributed by atoms with E-state index in [0.717, 1.165) is 5.69 Å². The summed E-state index contributed by atoms with van der Waals surface area (Å²) in [5, 5.41) is 7.92. The van der Waals surface area contributed by atoms with Gasteiger partial charge in [0.15, 0.2) is 0 Å². The Hall–Kier alpha value is -0.180. The Morgan fingerprint density at radius 1 is 1.67 bits per heavy atom. The highest BCUT2D eigenvalue weighted by Crippen LogP contribution is 2.19. The standard InChI is InChI=1S/C8H9Cl2NS/c1-6-4-12-5-8(6)11-3-7(10)2-9/h2,4-5,11H,3H2,1H3/b7-2-. The van der Waals surface area contributed by atoms with Gasteiger partial charge in [-0.2, -0.15) is 0 Å². The lowest BCUT2D eigenvalue weighted by atomic mass is 10.3. The normalized spacial score (nSPS) is 11.8. The van der Waals surface area contributed by atoms with Crippen molar-refractivity contribution < 1.29 is 0 Å². The average Bonchev–Trinajstić information content (AvgIpc) is 2.47. The van der Waals surface area contributed by atoms with Crippen LogP contribution in [0.2, 0.25) is 0 Å². The van der Waals surface area contributed by atoms with E-state index in [-0.39, 0.29) is 0 Å². The Morgan fingerprint density at radius 3 is 2.92 bits per heavy atom. The van der Waals surface area contributed by atoms with Crippen LogP contribution in [0.1, 0.15) is 5.56 Å². The van der Waals surface area contributed by atoms with Crippen LogP contribution < -0.4 is 5.32 Å². The maximum Gasteiger partial charge on any atom is 0.0517 e. The average molecular weight is 222 g/mol. The largest absolute Gasteiger partial charge is 0.379 e. The minimum Gasteiger partial charge on any atom is -0.379 e. The van der Waals surface area contributed by atoms with Crippen molar-refractivity contribution >= 4 is 40.2 Å². The molecule has 0 unspecified atom stereocenters. The summed E-state index contributed by atoms with van der Waals surface area (Å²) in [5.41, 5.74) is 3.73. The zero-order chi connectivity index (χ0) is 8.97. The molecule has 0 aliphatic carbocycles. The van der Waals surface area contributed by atoms with Gasteiger partial charge in [-0.1, -0.05) is 23.2 Å². The van der Waals surface area contributed by atoms with Crippen molar-refractivity contribution in [3.8, 4) is 0 Å². The molecule has 0 aromatic carbocycles. The first-order valence-corrected chi connectivity index (χ1v) is 5.21. The Bertz CT molecular complexity index is 280. The summed E-state index contributed by atoms with van der Waals surface area (Å²) in [5.74, 6) is 0. The molecule has 1 aromatic rings. The highest BCUT2D eigenvalue weighted by Gasteiger charge is 1.97. The number of hydrogen-bond donors (Lipinski definition) is 1.